The molecule has 5 nitrogen and oxygen atoms in total. The highest BCUT2D eigenvalue weighted by molar-refractivity contribution is 7.09. The molecular formula is C23H24F3NO4S. The van der Waals surface area contributed by atoms with E-state index in [9.17, 15) is 27.6 Å². The molecule has 1 aromatic heterocycles. The predicted molar refractivity (Wildman–Crippen MR) is 113 cm³/mol. The number of aromatic nitrogens is 1. The van der Waals surface area contributed by atoms with Gasteiger partial charge in [0.1, 0.15) is 10.8 Å². The molecule has 0 atom stereocenters. The molecule has 2 aromatic rings. The Kier molecular flexibility index (Phi) is 7.82. The van der Waals surface area contributed by atoms with Crippen molar-refractivity contribution in [2.24, 2.45) is 5.92 Å². The quantitative estimate of drug-likeness (QED) is 0.384. The molecule has 3 rings (SSSR count). The first kappa shape index (κ1) is 24.1. The Morgan fingerprint density at radius 1 is 1.12 bits per heavy atom. The lowest BCUT2D eigenvalue weighted by molar-refractivity contribution is -0.142. The number of carbonyl (C=O) groups is 3. The molecule has 0 bridgehead atoms. The van der Waals surface area contributed by atoms with E-state index in [1.165, 1.54) is 17.4 Å². The zero-order valence-electron chi connectivity index (χ0n) is 17.7. The summed E-state index contributed by atoms with van der Waals surface area (Å²) < 4.78 is 44.5. The fourth-order valence-electron chi connectivity index (χ4n) is 3.86. The molecule has 0 saturated heterocycles. The summed E-state index contributed by atoms with van der Waals surface area (Å²) in [6.07, 6.45) is -1.66. The summed E-state index contributed by atoms with van der Waals surface area (Å²) in [7, 11) is 0. The van der Waals surface area contributed by atoms with Crippen LogP contribution in [-0.4, -0.2) is 29.1 Å². The molecule has 0 radical (unpaired) electrons. The van der Waals surface area contributed by atoms with Crippen molar-refractivity contribution in [1.29, 1.82) is 0 Å². The van der Waals surface area contributed by atoms with Gasteiger partial charge in [-0.25, -0.2) is 4.98 Å². The van der Waals surface area contributed by atoms with E-state index in [0.29, 0.717) is 29.1 Å². The number of hydrogen-bond acceptors (Lipinski definition) is 6. The molecule has 1 aliphatic rings. The van der Waals surface area contributed by atoms with Crippen LogP contribution in [0, 0.1) is 5.92 Å². The number of hydrogen-bond donors (Lipinski definition) is 0. The number of halogens is 3. The first-order chi connectivity index (χ1) is 15.2. The van der Waals surface area contributed by atoms with E-state index < -0.39 is 17.7 Å². The van der Waals surface area contributed by atoms with Gasteiger partial charge in [0.05, 0.1) is 30.7 Å². The third-order valence-electron chi connectivity index (χ3n) is 5.39. The number of Topliss-reactive ketones (excluding diaryl/α,β-unsaturated/α-hetero) is 2. The number of ether oxygens (including phenoxy) is 1. The number of ketones is 2. The molecule has 32 heavy (non-hydrogen) atoms. The highest BCUT2D eigenvalue weighted by Crippen LogP contribution is 2.34. The van der Waals surface area contributed by atoms with Crippen LogP contribution in [0.1, 0.15) is 64.8 Å². The monoisotopic (exact) mass is 467 g/mol. The van der Waals surface area contributed by atoms with Gasteiger partial charge < -0.3 is 4.74 Å². The van der Waals surface area contributed by atoms with Gasteiger partial charge in [0.2, 0.25) is 0 Å². The maximum absolute atomic E-state index is 13.2. The third-order valence-corrected chi connectivity index (χ3v) is 6.29. The van der Waals surface area contributed by atoms with E-state index >= 15 is 0 Å². The maximum atomic E-state index is 13.2. The van der Waals surface area contributed by atoms with Crippen LogP contribution in [0.4, 0.5) is 13.2 Å². The number of esters is 1. The molecule has 1 heterocycles. The van der Waals surface area contributed by atoms with E-state index in [-0.39, 0.29) is 48.9 Å². The van der Waals surface area contributed by atoms with Crippen LogP contribution < -0.4 is 0 Å². The summed E-state index contributed by atoms with van der Waals surface area (Å²) in [5, 5.41) is 2.18. The Hall–Kier alpha value is -2.55. The van der Waals surface area contributed by atoms with Crippen molar-refractivity contribution in [2.75, 3.05) is 6.61 Å². The lowest BCUT2D eigenvalue weighted by Gasteiger charge is -2.15. The van der Waals surface area contributed by atoms with Gasteiger partial charge in [-0.3, -0.25) is 14.4 Å². The van der Waals surface area contributed by atoms with Crippen LogP contribution in [0.25, 0.3) is 0 Å². The summed E-state index contributed by atoms with van der Waals surface area (Å²) in [6, 6.07) is 3.02. The Balaban J connectivity index is 1.74. The zero-order valence-corrected chi connectivity index (χ0v) is 18.5. The second-order valence-corrected chi connectivity index (χ2v) is 8.76. The van der Waals surface area contributed by atoms with Gasteiger partial charge in [0.25, 0.3) is 0 Å². The summed E-state index contributed by atoms with van der Waals surface area (Å²) in [5.74, 6) is -1.28. The SMILES string of the molecule is CCOC(=O)Cc1csc(CC(=O)Cc2ccc(C(F)(F)F)cc2C(=O)C2CCCC2)n1. The van der Waals surface area contributed by atoms with Gasteiger partial charge >= 0.3 is 12.1 Å². The molecule has 172 valence electrons. The Labute approximate surface area is 188 Å². The number of thiazole rings is 1. The highest BCUT2D eigenvalue weighted by Gasteiger charge is 2.33. The fourth-order valence-corrected chi connectivity index (χ4v) is 4.68. The Bertz CT molecular complexity index is 993. The number of nitrogens with zero attached hydrogens (tertiary/aromatic N) is 1. The summed E-state index contributed by atoms with van der Waals surface area (Å²) >= 11 is 1.23. The van der Waals surface area contributed by atoms with Crippen LogP contribution in [0.3, 0.4) is 0 Å². The van der Waals surface area contributed by atoms with Crippen molar-refractivity contribution < 1.29 is 32.3 Å². The molecule has 0 aliphatic heterocycles. The number of rotatable bonds is 9. The minimum Gasteiger partial charge on any atom is -0.466 e. The highest BCUT2D eigenvalue weighted by atomic mass is 32.1. The van der Waals surface area contributed by atoms with Crippen LogP contribution in [-0.2, 0) is 39.8 Å². The van der Waals surface area contributed by atoms with Gasteiger partial charge in [-0.15, -0.1) is 11.3 Å². The minimum absolute atomic E-state index is 0.0114. The molecule has 0 spiro atoms. The second-order valence-electron chi connectivity index (χ2n) is 7.82. The van der Waals surface area contributed by atoms with E-state index in [2.05, 4.69) is 4.98 Å². The summed E-state index contributed by atoms with van der Waals surface area (Å²) in [4.78, 5) is 41.4. The standard InChI is InChI=1S/C23H24F3NO4S/c1-2-31-21(29)11-17-13-32-20(27-17)12-18(28)9-15-7-8-16(23(24,25)26)10-19(15)22(30)14-5-3-4-6-14/h7-8,10,13-14H,2-6,9,11-12H2,1H3. The van der Waals surface area contributed by atoms with Crippen molar-refractivity contribution in [3.05, 3.63) is 51.0 Å². The summed E-state index contributed by atoms with van der Waals surface area (Å²) in [6.45, 7) is 1.97. The van der Waals surface area contributed by atoms with Crippen molar-refractivity contribution in [3.63, 3.8) is 0 Å². The van der Waals surface area contributed by atoms with Crippen molar-refractivity contribution in [3.8, 4) is 0 Å². The maximum Gasteiger partial charge on any atom is 0.416 e. The van der Waals surface area contributed by atoms with Crippen molar-refractivity contribution in [1.82, 2.24) is 4.98 Å². The van der Waals surface area contributed by atoms with Crippen LogP contribution in [0.5, 0.6) is 0 Å². The van der Waals surface area contributed by atoms with E-state index in [1.54, 1.807) is 12.3 Å². The van der Waals surface area contributed by atoms with Crippen molar-refractivity contribution in [2.45, 2.75) is 58.0 Å². The van der Waals surface area contributed by atoms with Crippen molar-refractivity contribution >= 4 is 28.9 Å². The van der Waals surface area contributed by atoms with Gasteiger partial charge in [-0.2, -0.15) is 13.2 Å². The van der Waals surface area contributed by atoms with Crippen LogP contribution >= 0.6 is 11.3 Å². The van der Waals surface area contributed by atoms with Gasteiger partial charge in [-0.1, -0.05) is 18.9 Å². The smallest absolute Gasteiger partial charge is 0.416 e. The fraction of sp³-hybridized carbons (Fsp3) is 0.478. The van der Waals surface area contributed by atoms with Gasteiger partial charge in [-0.05, 0) is 37.5 Å². The second kappa shape index (κ2) is 10.4. The molecule has 1 aromatic carbocycles. The zero-order chi connectivity index (χ0) is 23.3. The normalized spacial score (nSPS) is 14.5. The molecule has 1 saturated carbocycles. The molecule has 1 aliphatic carbocycles. The lowest BCUT2D eigenvalue weighted by atomic mass is 9.89. The van der Waals surface area contributed by atoms with Gasteiger partial charge in [0.15, 0.2) is 5.78 Å². The molecule has 0 unspecified atom stereocenters. The average molecular weight is 468 g/mol. The number of carbonyl (C=O) groups excluding carboxylic acids is 3. The van der Waals surface area contributed by atoms with Crippen LogP contribution in [0.15, 0.2) is 23.6 Å². The van der Waals surface area contributed by atoms with E-state index in [1.807, 2.05) is 0 Å². The average Bonchev–Trinajstić information content (AvgIpc) is 3.39. The third kappa shape index (κ3) is 6.25. The number of benzene rings is 1. The lowest BCUT2D eigenvalue weighted by Crippen LogP contribution is -2.18. The molecule has 9 heteroatoms. The number of alkyl halides is 3. The Morgan fingerprint density at radius 2 is 1.84 bits per heavy atom. The Morgan fingerprint density at radius 3 is 2.50 bits per heavy atom. The summed E-state index contributed by atoms with van der Waals surface area (Å²) in [5.41, 5.74) is -0.0909. The molecule has 1 fully saturated rings. The van der Waals surface area contributed by atoms with Crippen LogP contribution in [0.2, 0.25) is 0 Å². The van der Waals surface area contributed by atoms with E-state index in [4.69, 9.17) is 4.74 Å². The molecule has 0 amide bonds. The molecule has 0 N–H and O–H groups in total. The molecular weight excluding hydrogens is 443 g/mol. The largest absolute Gasteiger partial charge is 0.466 e. The first-order valence-corrected chi connectivity index (χ1v) is 11.4. The van der Waals surface area contributed by atoms with Gasteiger partial charge in [0, 0.05) is 23.3 Å². The minimum atomic E-state index is -4.57. The first-order valence-electron chi connectivity index (χ1n) is 10.5. The predicted octanol–water partition coefficient (Wildman–Crippen LogP) is 4.99. The topological polar surface area (TPSA) is 73.3 Å². The van der Waals surface area contributed by atoms with E-state index in [0.717, 1.165) is 25.0 Å².